The van der Waals surface area contributed by atoms with Gasteiger partial charge in [0.05, 0.1) is 5.25 Å². The summed E-state index contributed by atoms with van der Waals surface area (Å²) in [7, 11) is 0. The molecule has 4 nitrogen and oxygen atoms in total. The highest BCUT2D eigenvalue weighted by atomic mass is 32.2. The van der Waals surface area contributed by atoms with Gasteiger partial charge < -0.3 is 10.6 Å². The second-order valence-electron chi connectivity index (χ2n) is 7.73. The van der Waals surface area contributed by atoms with Gasteiger partial charge in [-0.05, 0) is 62.1 Å². The topological polar surface area (TPSA) is 58.2 Å². The van der Waals surface area contributed by atoms with Crippen molar-refractivity contribution in [2.45, 2.75) is 62.5 Å². The van der Waals surface area contributed by atoms with Gasteiger partial charge in [-0.2, -0.15) is 0 Å². The molecule has 1 saturated carbocycles. The second-order valence-corrected chi connectivity index (χ2v) is 9.00. The van der Waals surface area contributed by atoms with Crippen LogP contribution in [0.3, 0.4) is 0 Å². The Balaban J connectivity index is 1.61. The van der Waals surface area contributed by atoms with Crippen LogP contribution in [0.1, 0.15) is 51.0 Å². The SMILES string of the molecule is CCC(Sc1cccc(NC(=O)C2CCCCC2)c1)C(=O)Nc1cccc(C)c1. The fourth-order valence-electron chi connectivity index (χ4n) is 3.69. The molecule has 2 aromatic carbocycles. The van der Waals surface area contributed by atoms with Crippen molar-refractivity contribution in [3.8, 4) is 0 Å². The summed E-state index contributed by atoms with van der Waals surface area (Å²) in [4.78, 5) is 26.2. The molecule has 3 rings (SSSR count). The molecule has 0 heterocycles. The van der Waals surface area contributed by atoms with Crippen LogP contribution in [0.4, 0.5) is 11.4 Å². The van der Waals surface area contributed by atoms with Crippen molar-refractivity contribution in [2.24, 2.45) is 5.92 Å². The van der Waals surface area contributed by atoms with Crippen molar-refractivity contribution in [3.05, 3.63) is 54.1 Å². The summed E-state index contributed by atoms with van der Waals surface area (Å²) in [6, 6.07) is 15.6. The Morgan fingerprint density at radius 2 is 1.69 bits per heavy atom. The molecule has 0 aliphatic heterocycles. The number of carbonyl (C=O) groups excluding carboxylic acids is 2. The molecule has 5 heteroatoms. The average molecular weight is 411 g/mol. The first kappa shape index (κ1) is 21.4. The van der Waals surface area contributed by atoms with Crippen LogP contribution in [-0.4, -0.2) is 17.1 Å². The zero-order valence-corrected chi connectivity index (χ0v) is 18.1. The highest BCUT2D eigenvalue weighted by Gasteiger charge is 2.22. The summed E-state index contributed by atoms with van der Waals surface area (Å²) in [5.41, 5.74) is 2.74. The van der Waals surface area contributed by atoms with Crippen LogP contribution in [0.5, 0.6) is 0 Å². The largest absolute Gasteiger partial charge is 0.326 e. The Morgan fingerprint density at radius 3 is 2.38 bits per heavy atom. The first-order chi connectivity index (χ1) is 14.0. The molecular formula is C24H30N2O2S. The lowest BCUT2D eigenvalue weighted by molar-refractivity contribution is -0.120. The number of anilines is 2. The van der Waals surface area contributed by atoms with Crippen LogP contribution in [0.15, 0.2) is 53.4 Å². The second kappa shape index (κ2) is 10.5. The average Bonchev–Trinajstić information content (AvgIpc) is 2.73. The summed E-state index contributed by atoms with van der Waals surface area (Å²) < 4.78 is 0. The van der Waals surface area contributed by atoms with Gasteiger partial charge in [-0.1, -0.05) is 44.4 Å². The maximum atomic E-state index is 12.7. The van der Waals surface area contributed by atoms with Gasteiger partial charge >= 0.3 is 0 Å². The number of carbonyl (C=O) groups is 2. The van der Waals surface area contributed by atoms with Gasteiger partial charge in [0.25, 0.3) is 0 Å². The van der Waals surface area contributed by atoms with Crippen LogP contribution < -0.4 is 10.6 Å². The molecule has 1 atom stereocenters. The van der Waals surface area contributed by atoms with Gasteiger partial charge in [-0.25, -0.2) is 0 Å². The summed E-state index contributed by atoms with van der Waals surface area (Å²) >= 11 is 1.53. The molecule has 0 spiro atoms. The van der Waals surface area contributed by atoms with Gasteiger partial charge in [0, 0.05) is 22.2 Å². The van der Waals surface area contributed by atoms with E-state index in [1.165, 1.54) is 18.2 Å². The van der Waals surface area contributed by atoms with Gasteiger partial charge in [0.15, 0.2) is 0 Å². The highest BCUT2D eigenvalue weighted by molar-refractivity contribution is 8.00. The van der Waals surface area contributed by atoms with E-state index in [1.54, 1.807) is 0 Å². The highest BCUT2D eigenvalue weighted by Crippen LogP contribution is 2.30. The molecule has 154 valence electrons. The molecule has 2 amide bonds. The van der Waals surface area contributed by atoms with Crippen LogP contribution in [-0.2, 0) is 9.59 Å². The molecule has 29 heavy (non-hydrogen) atoms. The maximum absolute atomic E-state index is 12.7. The number of hydrogen-bond acceptors (Lipinski definition) is 3. The lowest BCUT2D eigenvalue weighted by Gasteiger charge is -2.21. The van der Waals surface area contributed by atoms with E-state index < -0.39 is 0 Å². The first-order valence-electron chi connectivity index (χ1n) is 10.5. The van der Waals surface area contributed by atoms with E-state index in [-0.39, 0.29) is 23.0 Å². The normalized spacial score (nSPS) is 15.5. The molecule has 1 aliphatic rings. The van der Waals surface area contributed by atoms with Gasteiger partial charge in [-0.15, -0.1) is 11.8 Å². The fraction of sp³-hybridized carbons (Fsp3) is 0.417. The number of amides is 2. The van der Waals surface area contributed by atoms with Crippen molar-refractivity contribution >= 4 is 35.0 Å². The molecule has 1 fully saturated rings. The number of benzene rings is 2. The molecule has 0 saturated heterocycles. The standard InChI is InChI=1S/C24H30N2O2S/c1-3-22(24(28)26-19-12-7-9-17(2)15-19)29-21-14-8-13-20(16-21)25-23(27)18-10-5-4-6-11-18/h7-9,12-16,18,22H,3-6,10-11H2,1-2H3,(H,25,27)(H,26,28). The predicted molar refractivity (Wildman–Crippen MR) is 121 cm³/mol. The van der Waals surface area contributed by atoms with E-state index in [9.17, 15) is 9.59 Å². The summed E-state index contributed by atoms with van der Waals surface area (Å²) in [6.45, 7) is 4.02. The van der Waals surface area contributed by atoms with Crippen LogP contribution in [0, 0.1) is 12.8 Å². The predicted octanol–water partition coefficient (Wildman–Crippen LogP) is 6.02. The minimum Gasteiger partial charge on any atom is -0.326 e. The van der Waals surface area contributed by atoms with Crippen molar-refractivity contribution in [2.75, 3.05) is 10.6 Å². The summed E-state index contributed by atoms with van der Waals surface area (Å²) in [5.74, 6) is 0.249. The Bertz CT molecular complexity index is 846. The zero-order valence-electron chi connectivity index (χ0n) is 17.2. The molecule has 0 aromatic heterocycles. The molecular weight excluding hydrogens is 380 g/mol. The third kappa shape index (κ3) is 6.36. The maximum Gasteiger partial charge on any atom is 0.237 e. The minimum absolute atomic E-state index is 0.000237. The van der Waals surface area contributed by atoms with E-state index in [1.807, 2.05) is 62.4 Å². The van der Waals surface area contributed by atoms with E-state index in [4.69, 9.17) is 0 Å². The van der Waals surface area contributed by atoms with Crippen LogP contribution in [0.2, 0.25) is 0 Å². The summed E-state index contributed by atoms with van der Waals surface area (Å²) in [6.07, 6.45) is 6.21. The Kier molecular flexibility index (Phi) is 7.76. The lowest BCUT2D eigenvalue weighted by atomic mass is 9.88. The molecule has 2 N–H and O–H groups in total. The van der Waals surface area contributed by atoms with Crippen LogP contribution >= 0.6 is 11.8 Å². The Labute approximate surface area is 177 Å². The smallest absolute Gasteiger partial charge is 0.237 e. The molecule has 1 aliphatic carbocycles. The number of thioether (sulfide) groups is 1. The third-order valence-corrected chi connectivity index (χ3v) is 6.66. The van der Waals surface area contributed by atoms with E-state index in [0.29, 0.717) is 0 Å². The Morgan fingerprint density at radius 1 is 1.00 bits per heavy atom. The number of hydrogen-bond donors (Lipinski definition) is 2. The molecule has 0 bridgehead atoms. The molecule has 0 radical (unpaired) electrons. The zero-order chi connectivity index (χ0) is 20.6. The van der Waals surface area contributed by atoms with Crippen molar-refractivity contribution in [3.63, 3.8) is 0 Å². The number of rotatable bonds is 7. The van der Waals surface area contributed by atoms with Crippen LogP contribution in [0.25, 0.3) is 0 Å². The molecule has 1 unspecified atom stereocenters. The van der Waals surface area contributed by atoms with E-state index in [0.717, 1.165) is 53.9 Å². The molecule has 2 aromatic rings. The Hall–Kier alpha value is -2.27. The number of aryl methyl sites for hydroxylation is 1. The monoisotopic (exact) mass is 410 g/mol. The third-order valence-electron chi connectivity index (χ3n) is 5.30. The lowest BCUT2D eigenvalue weighted by Crippen LogP contribution is -2.25. The van der Waals surface area contributed by atoms with Crippen molar-refractivity contribution < 1.29 is 9.59 Å². The summed E-state index contributed by atoms with van der Waals surface area (Å²) in [5, 5.41) is 5.89. The van der Waals surface area contributed by atoms with Crippen molar-refractivity contribution in [1.29, 1.82) is 0 Å². The van der Waals surface area contributed by atoms with E-state index in [2.05, 4.69) is 10.6 Å². The fourth-order valence-corrected chi connectivity index (χ4v) is 4.70. The first-order valence-corrected chi connectivity index (χ1v) is 11.4. The van der Waals surface area contributed by atoms with E-state index >= 15 is 0 Å². The quantitative estimate of drug-likeness (QED) is 0.549. The van der Waals surface area contributed by atoms with Gasteiger partial charge in [-0.3, -0.25) is 9.59 Å². The van der Waals surface area contributed by atoms with Crippen molar-refractivity contribution in [1.82, 2.24) is 0 Å². The number of nitrogens with one attached hydrogen (secondary N) is 2. The van der Waals surface area contributed by atoms with Gasteiger partial charge in [0.2, 0.25) is 11.8 Å². The van der Waals surface area contributed by atoms with Gasteiger partial charge in [0.1, 0.15) is 0 Å². The minimum atomic E-state index is -0.195.